The maximum Gasteiger partial charge on any atom is 0.258 e. The summed E-state index contributed by atoms with van der Waals surface area (Å²) in [5.74, 6) is -0.593. The zero-order valence-electron chi connectivity index (χ0n) is 9.99. The van der Waals surface area contributed by atoms with Crippen LogP contribution in [0, 0.1) is 13.8 Å². The molecule has 1 aliphatic rings. The third kappa shape index (κ3) is 1.90. The molecule has 1 aliphatic heterocycles. The normalized spacial score (nSPS) is 19.6. The molecular formula is C11H16N4O2. The summed E-state index contributed by atoms with van der Waals surface area (Å²) in [4.78, 5) is 25.1. The molecule has 1 unspecified atom stereocenters. The van der Waals surface area contributed by atoms with Crippen molar-refractivity contribution in [3.05, 3.63) is 17.0 Å². The summed E-state index contributed by atoms with van der Waals surface area (Å²) in [7, 11) is 0. The van der Waals surface area contributed by atoms with E-state index in [0.29, 0.717) is 24.2 Å². The van der Waals surface area contributed by atoms with Crippen molar-refractivity contribution < 1.29 is 9.59 Å². The van der Waals surface area contributed by atoms with Gasteiger partial charge in [0.05, 0.1) is 11.3 Å². The van der Waals surface area contributed by atoms with Crippen molar-refractivity contribution in [3.63, 3.8) is 0 Å². The first-order chi connectivity index (χ1) is 8.02. The Hall–Kier alpha value is -1.85. The van der Waals surface area contributed by atoms with Gasteiger partial charge in [-0.3, -0.25) is 14.7 Å². The standard InChI is InChI=1S/C11H16N4O2/c1-6-9(7(2)14-13-6)11(17)15-5-3-4-8(15)10(12)16/h8H,3-5H2,1-2H3,(H2,12,16)(H,13,14). The summed E-state index contributed by atoms with van der Waals surface area (Å²) < 4.78 is 0. The Labute approximate surface area is 99.2 Å². The number of hydrogen-bond acceptors (Lipinski definition) is 3. The molecule has 1 aromatic rings. The average molecular weight is 236 g/mol. The number of aryl methyl sites for hydroxylation is 2. The molecule has 0 aliphatic carbocycles. The topological polar surface area (TPSA) is 92.1 Å². The highest BCUT2D eigenvalue weighted by molar-refractivity contribution is 5.99. The quantitative estimate of drug-likeness (QED) is 0.763. The Kier molecular flexibility index (Phi) is 2.87. The highest BCUT2D eigenvalue weighted by Crippen LogP contribution is 2.22. The molecule has 2 heterocycles. The van der Waals surface area contributed by atoms with E-state index in [-0.39, 0.29) is 5.91 Å². The highest BCUT2D eigenvalue weighted by Gasteiger charge is 2.34. The maximum absolute atomic E-state index is 12.3. The van der Waals surface area contributed by atoms with E-state index in [1.54, 1.807) is 18.7 Å². The molecule has 0 bridgehead atoms. The molecule has 0 spiro atoms. The van der Waals surface area contributed by atoms with Gasteiger partial charge in [0.2, 0.25) is 5.91 Å². The van der Waals surface area contributed by atoms with Gasteiger partial charge in [-0.25, -0.2) is 0 Å². The van der Waals surface area contributed by atoms with Crippen LogP contribution in [0.4, 0.5) is 0 Å². The van der Waals surface area contributed by atoms with Gasteiger partial charge < -0.3 is 10.6 Å². The van der Waals surface area contributed by atoms with Gasteiger partial charge in [-0.05, 0) is 26.7 Å². The van der Waals surface area contributed by atoms with Crippen LogP contribution in [0.5, 0.6) is 0 Å². The first kappa shape index (κ1) is 11.6. The fourth-order valence-corrected chi connectivity index (χ4v) is 2.32. The zero-order chi connectivity index (χ0) is 12.6. The number of nitrogens with two attached hydrogens (primary N) is 1. The number of aromatic nitrogens is 2. The summed E-state index contributed by atoms with van der Waals surface area (Å²) >= 11 is 0. The minimum atomic E-state index is -0.476. The number of nitrogens with one attached hydrogen (secondary N) is 1. The van der Waals surface area contributed by atoms with E-state index in [2.05, 4.69) is 10.2 Å². The molecule has 1 saturated heterocycles. The molecule has 0 aromatic carbocycles. The number of hydrogen-bond donors (Lipinski definition) is 2. The lowest BCUT2D eigenvalue weighted by Crippen LogP contribution is -2.44. The van der Waals surface area contributed by atoms with Crippen molar-refractivity contribution in [1.82, 2.24) is 15.1 Å². The second-order valence-corrected chi connectivity index (χ2v) is 4.37. The second-order valence-electron chi connectivity index (χ2n) is 4.37. The Morgan fingerprint density at radius 3 is 2.71 bits per heavy atom. The highest BCUT2D eigenvalue weighted by atomic mass is 16.2. The van der Waals surface area contributed by atoms with Gasteiger partial charge in [-0.15, -0.1) is 0 Å². The Morgan fingerprint density at radius 2 is 2.18 bits per heavy atom. The molecule has 0 saturated carbocycles. The third-order valence-electron chi connectivity index (χ3n) is 3.18. The average Bonchev–Trinajstić information content (AvgIpc) is 2.85. The molecule has 6 heteroatoms. The van der Waals surface area contributed by atoms with Crippen molar-refractivity contribution in [3.8, 4) is 0 Å². The summed E-state index contributed by atoms with van der Waals surface area (Å²) in [6.07, 6.45) is 1.46. The van der Waals surface area contributed by atoms with Crippen LogP contribution in [0.1, 0.15) is 34.6 Å². The molecule has 3 N–H and O–H groups in total. The molecule has 6 nitrogen and oxygen atoms in total. The van der Waals surface area contributed by atoms with E-state index in [0.717, 1.165) is 12.1 Å². The van der Waals surface area contributed by atoms with Crippen molar-refractivity contribution in [1.29, 1.82) is 0 Å². The fraction of sp³-hybridized carbons (Fsp3) is 0.545. The van der Waals surface area contributed by atoms with Crippen LogP contribution < -0.4 is 5.73 Å². The van der Waals surface area contributed by atoms with Crippen LogP contribution >= 0.6 is 0 Å². The van der Waals surface area contributed by atoms with Crippen LogP contribution in [0.25, 0.3) is 0 Å². The van der Waals surface area contributed by atoms with Crippen molar-refractivity contribution >= 4 is 11.8 Å². The van der Waals surface area contributed by atoms with Gasteiger partial charge in [-0.1, -0.05) is 0 Å². The number of nitrogens with zero attached hydrogens (tertiary/aromatic N) is 2. The van der Waals surface area contributed by atoms with Gasteiger partial charge in [0.25, 0.3) is 5.91 Å². The lowest BCUT2D eigenvalue weighted by atomic mass is 10.1. The molecular weight excluding hydrogens is 220 g/mol. The van der Waals surface area contributed by atoms with Gasteiger partial charge in [0, 0.05) is 12.2 Å². The minimum absolute atomic E-state index is 0.157. The van der Waals surface area contributed by atoms with Gasteiger partial charge in [0.15, 0.2) is 0 Å². The van der Waals surface area contributed by atoms with Crippen molar-refractivity contribution in [2.45, 2.75) is 32.7 Å². The predicted octanol–water partition coefficient (Wildman–Crippen LogP) is 0.116. The van der Waals surface area contributed by atoms with E-state index < -0.39 is 11.9 Å². The Bertz CT molecular complexity index is 447. The largest absolute Gasteiger partial charge is 0.368 e. The lowest BCUT2D eigenvalue weighted by molar-refractivity contribution is -0.121. The summed E-state index contributed by atoms with van der Waals surface area (Å²) in [6.45, 7) is 4.14. The molecule has 92 valence electrons. The molecule has 1 aromatic heterocycles. The van der Waals surface area contributed by atoms with E-state index in [4.69, 9.17) is 5.73 Å². The van der Waals surface area contributed by atoms with Crippen LogP contribution in [0.3, 0.4) is 0 Å². The van der Waals surface area contributed by atoms with E-state index in [1.807, 2.05) is 0 Å². The Balaban J connectivity index is 2.29. The third-order valence-corrected chi connectivity index (χ3v) is 3.18. The van der Waals surface area contributed by atoms with E-state index in [1.165, 1.54) is 0 Å². The lowest BCUT2D eigenvalue weighted by Gasteiger charge is -2.22. The molecule has 17 heavy (non-hydrogen) atoms. The number of rotatable bonds is 2. The van der Waals surface area contributed by atoms with Gasteiger partial charge >= 0.3 is 0 Å². The smallest absolute Gasteiger partial charge is 0.258 e. The maximum atomic E-state index is 12.3. The number of carbonyl (C=O) groups excluding carboxylic acids is 2. The summed E-state index contributed by atoms with van der Waals surface area (Å²) in [5.41, 5.74) is 7.23. The fourth-order valence-electron chi connectivity index (χ4n) is 2.32. The monoisotopic (exact) mass is 236 g/mol. The van der Waals surface area contributed by atoms with E-state index >= 15 is 0 Å². The first-order valence-corrected chi connectivity index (χ1v) is 5.64. The molecule has 0 radical (unpaired) electrons. The number of aromatic amines is 1. The summed E-state index contributed by atoms with van der Waals surface area (Å²) in [5, 5.41) is 6.76. The number of likely N-dealkylation sites (tertiary alicyclic amines) is 1. The van der Waals surface area contributed by atoms with Crippen LogP contribution in [-0.4, -0.2) is 39.5 Å². The predicted molar refractivity (Wildman–Crippen MR) is 61.3 cm³/mol. The number of amides is 2. The van der Waals surface area contributed by atoms with Gasteiger partial charge in [-0.2, -0.15) is 5.10 Å². The molecule has 1 atom stereocenters. The summed E-state index contributed by atoms with van der Waals surface area (Å²) in [6, 6.07) is -0.476. The zero-order valence-corrected chi connectivity index (χ0v) is 9.99. The second kappa shape index (κ2) is 4.20. The molecule has 1 fully saturated rings. The van der Waals surface area contributed by atoms with Gasteiger partial charge in [0.1, 0.15) is 6.04 Å². The number of carbonyl (C=O) groups is 2. The SMILES string of the molecule is Cc1n[nH]c(C)c1C(=O)N1CCCC1C(N)=O. The Morgan fingerprint density at radius 1 is 1.47 bits per heavy atom. The minimum Gasteiger partial charge on any atom is -0.368 e. The molecule has 2 rings (SSSR count). The van der Waals surface area contributed by atoms with Crippen LogP contribution in [-0.2, 0) is 4.79 Å². The van der Waals surface area contributed by atoms with Crippen molar-refractivity contribution in [2.24, 2.45) is 5.73 Å². The number of primary amides is 1. The molecule has 2 amide bonds. The van der Waals surface area contributed by atoms with E-state index in [9.17, 15) is 9.59 Å². The number of H-pyrrole nitrogens is 1. The van der Waals surface area contributed by atoms with Crippen molar-refractivity contribution in [2.75, 3.05) is 6.54 Å². The van der Waals surface area contributed by atoms with Crippen LogP contribution in [0.2, 0.25) is 0 Å². The first-order valence-electron chi connectivity index (χ1n) is 5.64. The van der Waals surface area contributed by atoms with Crippen LogP contribution in [0.15, 0.2) is 0 Å².